The van der Waals surface area contributed by atoms with Crippen molar-refractivity contribution in [3.63, 3.8) is 0 Å². The largest absolute Gasteiger partial charge is 0.494 e. The summed E-state index contributed by atoms with van der Waals surface area (Å²) >= 11 is 0. The second-order valence-corrected chi connectivity index (χ2v) is 5.18. The van der Waals surface area contributed by atoms with E-state index < -0.39 is 0 Å². The van der Waals surface area contributed by atoms with E-state index in [0.29, 0.717) is 13.0 Å². The van der Waals surface area contributed by atoms with Gasteiger partial charge in [0.2, 0.25) is 0 Å². The molecule has 0 aliphatic carbocycles. The molecule has 0 bridgehead atoms. The molecule has 2 rings (SSSR count). The highest BCUT2D eigenvalue weighted by atomic mass is 16.5. The van der Waals surface area contributed by atoms with E-state index in [1.807, 2.05) is 36.4 Å². The van der Waals surface area contributed by atoms with Crippen molar-refractivity contribution in [2.45, 2.75) is 26.2 Å². The molecular formula is C19H24O3. The standard InChI is InChI=1S/C19H24O3/c1-2-3-14-21-18-9-5-16(6-10-18)17-7-11-19(12-8-17)22-15-4-13-20/h5-12,20H,2-4,13-15H2,1H3. The number of hydrogen-bond donors (Lipinski definition) is 1. The highest BCUT2D eigenvalue weighted by molar-refractivity contribution is 5.64. The molecule has 118 valence electrons. The van der Waals surface area contributed by atoms with E-state index in [1.165, 1.54) is 0 Å². The minimum absolute atomic E-state index is 0.157. The second-order valence-electron chi connectivity index (χ2n) is 5.18. The van der Waals surface area contributed by atoms with Crippen molar-refractivity contribution in [2.75, 3.05) is 19.8 Å². The summed E-state index contributed by atoms with van der Waals surface area (Å²) in [6, 6.07) is 16.2. The zero-order chi connectivity index (χ0) is 15.6. The molecule has 0 heterocycles. The van der Waals surface area contributed by atoms with Gasteiger partial charge in [-0.15, -0.1) is 0 Å². The minimum Gasteiger partial charge on any atom is -0.494 e. The van der Waals surface area contributed by atoms with Crippen molar-refractivity contribution in [1.29, 1.82) is 0 Å². The number of aliphatic hydroxyl groups is 1. The summed E-state index contributed by atoms with van der Waals surface area (Å²) in [5, 5.41) is 8.74. The summed E-state index contributed by atoms with van der Waals surface area (Å²) in [5.74, 6) is 1.75. The second kappa shape index (κ2) is 9.11. The van der Waals surface area contributed by atoms with E-state index in [1.54, 1.807) is 0 Å². The molecule has 1 N–H and O–H groups in total. The maximum absolute atomic E-state index is 8.74. The monoisotopic (exact) mass is 300 g/mol. The molecule has 0 unspecified atom stereocenters. The Morgan fingerprint density at radius 1 is 0.727 bits per heavy atom. The maximum Gasteiger partial charge on any atom is 0.119 e. The summed E-state index contributed by atoms with van der Waals surface area (Å²) < 4.78 is 11.2. The molecule has 0 saturated heterocycles. The molecule has 0 aromatic heterocycles. The first-order valence-electron chi connectivity index (χ1n) is 7.90. The Hall–Kier alpha value is -2.00. The summed E-state index contributed by atoms with van der Waals surface area (Å²) in [5.41, 5.74) is 2.30. The number of hydrogen-bond acceptors (Lipinski definition) is 3. The van der Waals surface area contributed by atoms with Crippen LogP contribution in [0.2, 0.25) is 0 Å². The average molecular weight is 300 g/mol. The first-order valence-corrected chi connectivity index (χ1v) is 7.90. The van der Waals surface area contributed by atoms with Crippen LogP contribution in [0.25, 0.3) is 11.1 Å². The fraction of sp³-hybridized carbons (Fsp3) is 0.368. The van der Waals surface area contributed by atoms with E-state index in [-0.39, 0.29) is 6.61 Å². The van der Waals surface area contributed by atoms with Crippen molar-refractivity contribution >= 4 is 0 Å². The molecule has 2 aromatic rings. The predicted octanol–water partition coefficient (Wildman–Crippen LogP) is 4.29. The van der Waals surface area contributed by atoms with Gasteiger partial charge in [-0.25, -0.2) is 0 Å². The van der Waals surface area contributed by atoms with Gasteiger partial charge >= 0.3 is 0 Å². The lowest BCUT2D eigenvalue weighted by molar-refractivity contribution is 0.233. The van der Waals surface area contributed by atoms with E-state index in [0.717, 1.165) is 42.1 Å². The summed E-state index contributed by atoms with van der Waals surface area (Å²) in [6.45, 7) is 3.63. The van der Waals surface area contributed by atoms with Crippen LogP contribution in [0.1, 0.15) is 26.2 Å². The van der Waals surface area contributed by atoms with E-state index >= 15 is 0 Å². The van der Waals surface area contributed by atoms with Crippen molar-refractivity contribution < 1.29 is 14.6 Å². The van der Waals surface area contributed by atoms with Crippen LogP contribution in [0, 0.1) is 0 Å². The zero-order valence-electron chi connectivity index (χ0n) is 13.1. The van der Waals surface area contributed by atoms with Crippen LogP contribution in [-0.4, -0.2) is 24.9 Å². The molecule has 0 fully saturated rings. The first kappa shape index (κ1) is 16.4. The fourth-order valence-electron chi connectivity index (χ4n) is 2.08. The van der Waals surface area contributed by atoms with Crippen LogP contribution in [0.5, 0.6) is 11.5 Å². The van der Waals surface area contributed by atoms with Gasteiger partial charge in [-0.3, -0.25) is 0 Å². The molecule has 0 aliphatic heterocycles. The van der Waals surface area contributed by atoms with Gasteiger partial charge < -0.3 is 14.6 Å². The molecule has 3 nitrogen and oxygen atoms in total. The Morgan fingerprint density at radius 3 is 1.59 bits per heavy atom. The quantitative estimate of drug-likeness (QED) is 0.702. The smallest absolute Gasteiger partial charge is 0.119 e. The van der Waals surface area contributed by atoms with E-state index in [2.05, 4.69) is 19.1 Å². The predicted molar refractivity (Wildman–Crippen MR) is 89.5 cm³/mol. The Balaban J connectivity index is 1.93. The van der Waals surface area contributed by atoms with Crippen molar-refractivity contribution in [1.82, 2.24) is 0 Å². The molecule has 2 aromatic carbocycles. The highest BCUT2D eigenvalue weighted by Crippen LogP contribution is 2.24. The molecule has 0 spiro atoms. The van der Waals surface area contributed by atoms with Gasteiger partial charge in [-0.2, -0.15) is 0 Å². The van der Waals surface area contributed by atoms with Gasteiger partial charge in [0, 0.05) is 13.0 Å². The SMILES string of the molecule is CCCCOc1ccc(-c2ccc(OCCCO)cc2)cc1. The van der Waals surface area contributed by atoms with Crippen LogP contribution in [0.3, 0.4) is 0 Å². The average Bonchev–Trinajstić information content (AvgIpc) is 2.57. The highest BCUT2D eigenvalue weighted by Gasteiger charge is 2.00. The van der Waals surface area contributed by atoms with Crippen LogP contribution < -0.4 is 9.47 Å². The third kappa shape index (κ3) is 5.08. The normalized spacial score (nSPS) is 10.5. The van der Waals surface area contributed by atoms with Gasteiger partial charge in [0.1, 0.15) is 11.5 Å². The number of rotatable bonds is 9. The summed E-state index contributed by atoms with van der Waals surface area (Å²) in [6.07, 6.45) is 2.88. The van der Waals surface area contributed by atoms with Gasteiger partial charge in [-0.05, 0) is 41.8 Å². The van der Waals surface area contributed by atoms with Gasteiger partial charge in [-0.1, -0.05) is 37.6 Å². The number of unbranched alkanes of at least 4 members (excludes halogenated alkanes) is 1. The Bertz CT molecular complexity index is 480. The number of benzene rings is 2. The van der Waals surface area contributed by atoms with Gasteiger partial charge in [0.05, 0.1) is 13.2 Å². The molecule has 3 heteroatoms. The maximum atomic E-state index is 8.74. The lowest BCUT2D eigenvalue weighted by Gasteiger charge is -2.08. The molecular weight excluding hydrogens is 276 g/mol. The molecule has 22 heavy (non-hydrogen) atoms. The third-order valence-corrected chi connectivity index (χ3v) is 3.38. The van der Waals surface area contributed by atoms with Gasteiger partial charge in [0.15, 0.2) is 0 Å². The first-order chi connectivity index (χ1) is 10.8. The Morgan fingerprint density at radius 2 is 1.18 bits per heavy atom. The Kier molecular flexibility index (Phi) is 6.78. The third-order valence-electron chi connectivity index (χ3n) is 3.38. The van der Waals surface area contributed by atoms with Crippen molar-refractivity contribution in [2.24, 2.45) is 0 Å². The van der Waals surface area contributed by atoms with Gasteiger partial charge in [0.25, 0.3) is 0 Å². The van der Waals surface area contributed by atoms with Crippen LogP contribution in [-0.2, 0) is 0 Å². The molecule has 0 saturated carbocycles. The number of ether oxygens (including phenoxy) is 2. The molecule has 0 amide bonds. The molecule has 0 aliphatic rings. The summed E-state index contributed by atoms with van der Waals surface area (Å²) in [7, 11) is 0. The van der Waals surface area contributed by atoms with Crippen LogP contribution >= 0.6 is 0 Å². The minimum atomic E-state index is 0.157. The van der Waals surface area contributed by atoms with Crippen molar-refractivity contribution in [3.05, 3.63) is 48.5 Å². The molecule has 0 atom stereocenters. The molecule has 0 radical (unpaired) electrons. The Labute approximate surface area is 132 Å². The topological polar surface area (TPSA) is 38.7 Å². The van der Waals surface area contributed by atoms with E-state index in [9.17, 15) is 0 Å². The van der Waals surface area contributed by atoms with Crippen molar-refractivity contribution in [3.8, 4) is 22.6 Å². The fourth-order valence-corrected chi connectivity index (χ4v) is 2.08. The zero-order valence-corrected chi connectivity index (χ0v) is 13.1. The van der Waals surface area contributed by atoms with E-state index in [4.69, 9.17) is 14.6 Å². The number of aliphatic hydroxyl groups excluding tert-OH is 1. The lowest BCUT2D eigenvalue weighted by Crippen LogP contribution is -1.99. The van der Waals surface area contributed by atoms with Crippen LogP contribution in [0.15, 0.2) is 48.5 Å². The summed E-state index contributed by atoms with van der Waals surface area (Å²) in [4.78, 5) is 0. The lowest BCUT2D eigenvalue weighted by atomic mass is 10.1. The van der Waals surface area contributed by atoms with Crippen LogP contribution in [0.4, 0.5) is 0 Å².